The predicted molar refractivity (Wildman–Crippen MR) is 67.0 cm³/mol. The molecule has 1 aliphatic rings. The van der Waals surface area contributed by atoms with E-state index in [2.05, 4.69) is 5.32 Å². The summed E-state index contributed by atoms with van der Waals surface area (Å²) >= 11 is 0. The fourth-order valence-corrected chi connectivity index (χ4v) is 1.78. The summed E-state index contributed by atoms with van der Waals surface area (Å²) in [6.07, 6.45) is 4.05. The van der Waals surface area contributed by atoms with Crippen molar-refractivity contribution in [3.8, 4) is 5.75 Å². The van der Waals surface area contributed by atoms with Crippen molar-refractivity contribution < 1.29 is 9.53 Å². The highest BCUT2D eigenvalue weighted by molar-refractivity contribution is 5.75. The number of primary amides is 1. The van der Waals surface area contributed by atoms with Crippen molar-refractivity contribution in [3.05, 3.63) is 24.3 Å². The number of carbonyl (C=O) groups is 1. The summed E-state index contributed by atoms with van der Waals surface area (Å²) in [5.74, 6) is 1.04. The zero-order valence-corrected chi connectivity index (χ0v) is 9.82. The predicted octanol–water partition coefficient (Wildman–Crippen LogP) is 1.76. The van der Waals surface area contributed by atoms with E-state index >= 15 is 0 Å². The highest BCUT2D eigenvalue weighted by atomic mass is 16.5. The van der Waals surface area contributed by atoms with Crippen molar-refractivity contribution in [1.29, 1.82) is 0 Å². The number of benzene rings is 1. The van der Waals surface area contributed by atoms with Gasteiger partial charge in [0.05, 0.1) is 0 Å². The molecule has 1 aromatic carbocycles. The van der Waals surface area contributed by atoms with Gasteiger partial charge in [-0.2, -0.15) is 0 Å². The molecule has 4 nitrogen and oxygen atoms in total. The van der Waals surface area contributed by atoms with Crippen LogP contribution in [0.1, 0.15) is 19.3 Å². The fraction of sp³-hybridized carbons (Fsp3) is 0.462. The molecule has 1 aliphatic carbocycles. The molecule has 0 saturated heterocycles. The van der Waals surface area contributed by atoms with Gasteiger partial charge in [-0.05, 0) is 43.0 Å². The zero-order chi connectivity index (χ0) is 12.1. The van der Waals surface area contributed by atoms with Crippen LogP contribution in [0.4, 0.5) is 5.69 Å². The third kappa shape index (κ3) is 3.66. The lowest BCUT2D eigenvalue weighted by molar-refractivity contribution is -0.119. The first-order valence-electron chi connectivity index (χ1n) is 5.99. The van der Waals surface area contributed by atoms with E-state index in [-0.39, 0.29) is 6.61 Å². The first kappa shape index (κ1) is 11.8. The van der Waals surface area contributed by atoms with E-state index in [9.17, 15) is 4.79 Å². The monoisotopic (exact) mass is 234 g/mol. The molecule has 0 bridgehead atoms. The average molecular weight is 234 g/mol. The maximum atomic E-state index is 10.5. The van der Waals surface area contributed by atoms with Gasteiger partial charge in [-0.3, -0.25) is 4.79 Å². The molecule has 1 fully saturated rings. The van der Waals surface area contributed by atoms with Crippen LogP contribution in [0.25, 0.3) is 0 Å². The molecule has 1 amide bonds. The van der Waals surface area contributed by atoms with Crippen LogP contribution in [0.15, 0.2) is 24.3 Å². The Morgan fingerprint density at radius 3 is 2.59 bits per heavy atom. The first-order valence-corrected chi connectivity index (χ1v) is 5.99. The van der Waals surface area contributed by atoms with E-state index in [0.717, 1.165) is 18.2 Å². The summed E-state index contributed by atoms with van der Waals surface area (Å²) in [7, 11) is 0. The lowest BCUT2D eigenvalue weighted by Gasteiger charge is -2.25. The Hall–Kier alpha value is -1.71. The van der Waals surface area contributed by atoms with Crippen molar-refractivity contribution in [2.75, 3.05) is 18.5 Å². The van der Waals surface area contributed by atoms with Crippen LogP contribution in [0, 0.1) is 5.92 Å². The van der Waals surface area contributed by atoms with E-state index in [4.69, 9.17) is 10.5 Å². The van der Waals surface area contributed by atoms with Crippen LogP contribution in [0.3, 0.4) is 0 Å². The van der Waals surface area contributed by atoms with Crippen molar-refractivity contribution >= 4 is 11.6 Å². The van der Waals surface area contributed by atoms with Crippen LogP contribution in [-0.4, -0.2) is 19.1 Å². The molecular formula is C13H18N2O2. The SMILES string of the molecule is NC(=O)COc1ccc(NCC2CCC2)cc1. The molecule has 3 N–H and O–H groups in total. The standard InChI is InChI=1S/C13H18N2O2/c14-13(16)9-17-12-6-4-11(5-7-12)15-8-10-2-1-3-10/h4-7,10,15H,1-3,8-9H2,(H2,14,16). The van der Waals surface area contributed by atoms with Crippen molar-refractivity contribution in [3.63, 3.8) is 0 Å². The summed E-state index contributed by atoms with van der Waals surface area (Å²) < 4.78 is 5.18. The molecular weight excluding hydrogens is 216 g/mol. The number of rotatable bonds is 6. The topological polar surface area (TPSA) is 64.4 Å². The molecule has 2 rings (SSSR count). The van der Waals surface area contributed by atoms with Crippen LogP contribution < -0.4 is 15.8 Å². The van der Waals surface area contributed by atoms with E-state index in [1.54, 1.807) is 0 Å². The van der Waals surface area contributed by atoms with Gasteiger partial charge in [0.15, 0.2) is 6.61 Å². The smallest absolute Gasteiger partial charge is 0.255 e. The molecule has 17 heavy (non-hydrogen) atoms. The second-order valence-corrected chi connectivity index (χ2v) is 4.46. The molecule has 0 atom stereocenters. The Labute approximate surface area is 101 Å². The molecule has 0 radical (unpaired) electrons. The number of carbonyl (C=O) groups excluding carboxylic acids is 1. The maximum absolute atomic E-state index is 10.5. The Balaban J connectivity index is 1.77. The van der Waals surface area contributed by atoms with Crippen LogP contribution in [0.5, 0.6) is 5.75 Å². The van der Waals surface area contributed by atoms with Crippen molar-refractivity contribution in [2.45, 2.75) is 19.3 Å². The van der Waals surface area contributed by atoms with Gasteiger partial charge in [-0.15, -0.1) is 0 Å². The number of hydrogen-bond acceptors (Lipinski definition) is 3. The van der Waals surface area contributed by atoms with Crippen LogP contribution >= 0.6 is 0 Å². The molecule has 92 valence electrons. The number of anilines is 1. The van der Waals surface area contributed by atoms with E-state index in [1.165, 1.54) is 19.3 Å². The van der Waals surface area contributed by atoms with Gasteiger partial charge in [-0.25, -0.2) is 0 Å². The third-order valence-electron chi connectivity index (χ3n) is 3.06. The van der Waals surface area contributed by atoms with E-state index < -0.39 is 5.91 Å². The molecule has 0 aliphatic heterocycles. The second kappa shape index (κ2) is 5.57. The largest absolute Gasteiger partial charge is 0.484 e. The molecule has 1 saturated carbocycles. The van der Waals surface area contributed by atoms with Crippen LogP contribution in [-0.2, 0) is 4.79 Å². The molecule has 1 aromatic rings. The summed E-state index contributed by atoms with van der Waals surface area (Å²) in [6.45, 7) is 0.969. The molecule has 0 heterocycles. The minimum atomic E-state index is -0.461. The number of nitrogens with one attached hydrogen (secondary N) is 1. The molecule has 0 spiro atoms. The first-order chi connectivity index (χ1) is 8.24. The highest BCUT2D eigenvalue weighted by Crippen LogP contribution is 2.26. The molecule has 4 heteroatoms. The maximum Gasteiger partial charge on any atom is 0.255 e. The molecule has 0 unspecified atom stereocenters. The lowest BCUT2D eigenvalue weighted by Crippen LogP contribution is -2.21. The second-order valence-electron chi connectivity index (χ2n) is 4.46. The van der Waals surface area contributed by atoms with Gasteiger partial charge in [-0.1, -0.05) is 6.42 Å². The van der Waals surface area contributed by atoms with Gasteiger partial charge in [0.1, 0.15) is 5.75 Å². The Bertz CT molecular complexity index is 372. The normalized spacial score (nSPS) is 15.1. The van der Waals surface area contributed by atoms with Crippen molar-refractivity contribution in [2.24, 2.45) is 11.7 Å². The quantitative estimate of drug-likeness (QED) is 0.788. The van der Waals surface area contributed by atoms with Crippen molar-refractivity contribution in [1.82, 2.24) is 0 Å². The zero-order valence-electron chi connectivity index (χ0n) is 9.82. The summed E-state index contributed by atoms with van der Waals surface area (Å²) in [5, 5.41) is 3.39. The van der Waals surface area contributed by atoms with Gasteiger partial charge < -0.3 is 15.8 Å². The molecule has 0 aromatic heterocycles. The van der Waals surface area contributed by atoms with Gasteiger partial charge in [0, 0.05) is 12.2 Å². The Kier molecular flexibility index (Phi) is 3.85. The van der Waals surface area contributed by atoms with E-state index in [0.29, 0.717) is 5.75 Å². The van der Waals surface area contributed by atoms with E-state index in [1.807, 2.05) is 24.3 Å². The Morgan fingerprint density at radius 2 is 2.06 bits per heavy atom. The van der Waals surface area contributed by atoms with Crippen LogP contribution in [0.2, 0.25) is 0 Å². The average Bonchev–Trinajstić information content (AvgIpc) is 2.26. The Morgan fingerprint density at radius 1 is 1.35 bits per heavy atom. The summed E-state index contributed by atoms with van der Waals surface area (Å²) in [5.41, 5.74) is 6.08. The highest BCUT2D eigenvalue weighted by Gasteiger charge is 2.16. The number of amides is 1. The fourth-order valence-electron chi connectivity index (χ4n) is 1.78. The number of ether oxygens (including phenoxy) is 1. The minimum absolute atomic E-state index is 0.0746. The number of nitrogens with two attached hydrogens (primary N) is 1. The number of hydrogen-bond donors (Lipinski definition) is 2. The van der Waals surface area contributed by atoms with Gasteiger partial charge in [0.25, 0.3) is 5.91 Å². The summed E-state index contributed by atoms with van der Waals surface area (Å²) in [4.78, 5) is 10.5. The lowest BCUT2D eigenvalue weighted by atomic mass is 9.85. The summed E-state index contributed by atoms with van der Waals surface area (Å²) in [6, 6.07) is 7.59. The van der Waals surface area contributed by atoms with Gasteiger partial charge >= 0.3 is 0 Å². The van der Waals surface area contributed by atoms with Gasteiger partial charge in [0.2, 0.25) is 0 Å². The third-order valence-corrected chi connectivity index (χ3v) is 3.06. The minimum Gasteiger partial charge on any atom is -0.484 e.